The van der Waals surface area contributed by atoms with Gasteiger partial charge in [-0.3, -0.25) is 9.69 Å². The highest BCUT2D eigenvalue weighted by Gasteiger charge is 2.21. The molecule has 0 unspecified atom stereocenters. The number of rotatable bonds is 6. The fraction of sp³-hybridized carbons (Fsp3) is 0.435. The Bertz CT molecular complexity index is 828. The fourth-order valence-corrected chi connectivity index (χ4v) is 3.93. The molecule has 2 heterocycles. The molecule has 1 amide bonds. The molecule has 2 aromatic rings. The van der Waals surface area contributed by atoms with E-state index in [0.717, 1.165) is 57.1 Å². The predicted octanol–water partition coefficient (Wildman–Crippen LogP) is 3.39. The standard InChI is InChI=1S/C23H28N2O3/c1-18-5-2-3-6-20(18)7-4-8-23(26)25-13-11-24(12-14-25)16-19-9-10-21-22(15-19)28-17-27-21/h2-3,5-6,9-10,15H,4,7-8,11-14,16-17H2,1H3. The lowest BCUT2D eigenvalue weighted by molar-refractivity contribution is -0.133. The minimum absolute atomic E-state index is 0.288. The number of benzene rings is 2. The van der Waals surface area contributed by atoms with Crippen molar-refractivity contribution in [3.8, 4) is 11.5 Å². The summed E-state index contributed by atoms with van der Waals surface area (Å²) in [6, 6.07) is 14.6. The van der Waals surface area contributed by atoms with Crippen molar-refractivity contribution < 1.29 is 14.3 Å². The van der Waals surface area contributed by atoms with Crippen LogP contribution in [-0.4, -0.2) is 48.7 Å². The van der Waals surface area contributed by atoms with Crippen molar-refractivity contribution in [2.75, 3.05) is 33.0 Å². The number of piperazine rings is 1. The van der Waals surface area contributed by atoms with E-state index in [0.29, 0.717) is 13.2 Å². The Labute approximate surface area is 166 Å². The first-order valence-corrected chi connectivity index (χ1v) is 10.1. The summed E-state index contributed by atoms with van der Waals surface area (Å²) in [5.74, 6) is 1.95. The Morgan fingerprint density at radius 1 is 1.00 bits per heavy atom. The molecule has 1 fully saturated rings. The smallest absolute Gasteiger partial charge is 0.231 e. The van der Waals surface area contributed by atoms with E-state index in [4.69, 9.17) is 9.47 Å². The maximum atomic E-state index is 12.5. The van der Waals surface area contributed by atoms with Crippen molar-refractivity contribution in [1.29, 1.82) is 0 Å². The van der Waals surface area contributed by atoms with Gasteiger partial charge in [-0.05, 0) is 48.6 Å². The van der Waals surface area contributed by atoms with Crippen LogP contribution in [0.1, 0.15) is 29.5 Å². The zero-order valence-corrected chi connectivity index (χ0v) is 16.5. The number of ether oxygens (including phenoxy) is 2. The van der Waals surface area contributed by atoms with Crippen LogP contribution < -0.4 is 9.47 Å². The van der Waals surface area contributed by atoms with E-state index in [1.807, 2.05) is 11.0 Å². The molecule has 0 radical (unpaired) electrons. The third kappa shape index (κ3) is 4.47. The van der Waals surface area contributed by atoms with Crippen molar-refractivity contribution >= 4 is 5.91 Å². The summed E-state index contributed by atoms with van der Waals surface area (Å²) in [7, 11) is 0. The van der Waals surface area contributed by atoms with Gasteiger partial charge >= 0.3 is 0 Å². The summed E-state index contributed by atoms with van der Waals surface area (Å²) in [6.07, 6.45) is 2.53. The molecule has 1 saturated heterocycles. The third-order valence-electron chi connectivity index (χ3n) is 5.67. The van der Waals surface area contributed by atoms with Gasteiger partial charge in [0.05, 0.1) is 0 Å². The van der Waals surface area contributed by atoms with E-state index in [9.17, 15) is 4.79 Å². The maximum Gasteiger partial charge on any atom is 0.231 e. The topological polar surface area (TPSA) is 42.0 Å². The van der Waals surface area contributed by atoms with Gasteiger partial charge in [0, 0.05) is 39.1 Å². The van der Waals surface area contributed by atoms with E-state index >= 15 is 0 Å². The van der Waals surface area contributed by atoms with Crippen LogP contribution >= 0.6 is 0 Å². The number of nitrogens with zero attached hydrogens (tertiary/aromatic N) is 2. The van der Waals surface area contributed by atoms with Crippen LogP contribution in [-0.2, 0) is 17.8 Å². The van der Waals surface area contributed by atoms with E-state index in [1.54, 1.807) is 0 Å². The minimum atomic E-state index is 0.288. The molecule has 0 bridgehead atoms. The lowest BCUT2D eigenvalue weighted by Gasteiger charge is -2.35. The molecule has 0 aromatic heterocycles. The van der Waals surface area contributed by atoms with E-state index in [-0.39, 0.29) is 5.91 Å². The summed E-state index contributed by atoms with van der Waals surface area (Å²) in [4.78, 5) is 17.0. The molecule has 4 rings (SSSR count). The van der Waals surface area contributed by atoms with Gasteiger partial charge < -0.3 is 14.4 Å². The second-order valence-electron chi connectivity index (χ2n) is 7.62. The summed E-state index contributed by atoms with van der Waals surface area (Å²) in [5.41, 5.74) is 3.89. The van der Waals surface area contributed by atoms with Crippen LogP contribution in [0.5, 0.6) is 11.5 Å². The van der Waals surface area contributed by atoms with Gasteiger partial charge in [0.25, 0.3) is 0 Å². The number of hydrogen-bond acceptors (Lipinski definition) is 4. The molecular weight excluding hydrogens is 352 g/mol. The predicted molar refractivity (Wildman–Crippen MR) is 109 cm³/mol. The largest absolute Gasteiger partial charge is 0.454 e. The zero-order chi connectivity index (χ0) is 19.3. The highest BCUT2D eigenvalue weighted by Crippen LogP contribution is 2.32. The van der Waals surface area contributed by atoms with Crippen LogP contribution in [0.4, 0.5) is 0 Å². The number of carbonyl (C=O) groups is 1. The van der Waals surface area contributed by atoms with E-state index in [2.05, 4.69) is 48.2 Å². The molecule has 0 spiro atoms. The first-order chi connectivity index (χ1) is 13.7. The Kier molecular flexibility index (Phi) is 5.81. The molecule has 0 N–H and O–H groups in total. The van der Waals surface area contributed by atoms with Crippen LogP contribution in [0, 0.1) is 6.92 Å². The fourth-order valence-electron chi connectivity index (χ4n) is 3.93. The second-order valence-corrected chi connectivity index (χ2v) is 7.62. The number of aryl methyl sites for hydroxylation is 2. The first-order valence-electron chi connectivity index (χ1n) is 10.1. The Balaban J connectivity index is 1.20. The quantitative estimate of drug-likeness (QED) is 0.770. The highest BCUT2D eigenvalue weighted by atomic mass is 16.7. The Hall–Kier alpha value is -2.53. The zero-order valence-electron chi connectivity index (χ0n) is 16.5. The van der Waals surface area contributed by atoms with Crippen molar-refractivity contribution in [3.63, 3.8) is 0 Å². The van der Waals surface area contributed by atoms with Gasteiger partial charge in [-0.2, -0.15) is 0 Å². The second kappa shape index (κ2) is 8.65. The molecule has 148 valence electrons. The van der Waals surface area contributed by atoms with Gasteiger partial charge in [0.15, 0.2) is 11.5 Å². The number of hydrogen-bond donors (Lipinski definition) is 0. The molecule has 28 heavy (non-hydrogen) atoms. The van der Waals surface area contributed by atoms with Crippen molar-refractivity contribution in [1.82, 2.24) is 9.80 Å². The highest BCUT2D eigenvalue weighted by molar-refractivity contribution is 5.76. The maximum absolute atomic E-state index is 12.5. The van der Waals surface area contributed by atoms with Crippen LogP contribution in [0.25, 0.3) is 0 Å². The van der Waals surface area contributed by atoms with Gasteiger partial charge in [-0.15, -0.1) is 0 Å². The summed E-state index contributed by atoms with van der Waals surface area (Å²) < 4.78 is 10.8. The molecule has 2 aliphatic rings. The lowest BCUT2D eigenvalue weighted by Crippen LogP contribution is -2.48. The summed E-state index contributed by atoms with van der Waals surface area (Å²) in [6.45, 7) is 6.78. The molecular formula is C23H28N2O3. The van der Waals surface area contributed by atoms with Crippen molar-refractivity contribution in [3.05, 3.63) is 59.2 Å². The number of carbonyl (C=O) groups excluding carboxylic acids is 1. The third-order valence-corrected chi connectivity index (χ3v) is 5.67. The van der Waals surface area contributed by atoms with Crippen LogP contribution in [0.15, 0.2) is 42.5 Å². The van der Waals surface area contributed by atoms with Crippen molar-refractivity contribution in [2.45, 2.75) is 32.7 Å². The number of fused-ring (bicyclic) bond motifs is 1. The molecule has 2 aliphatic heterocycles. The SMILES string of the molecule is Cc1ccccc1CCCC(=O)N1CCN(Cc2ccc3c(c2)OCO3)CC1. The Morgan fingerprint density at radius 3 is 2.61 bits per heavy atom. The van der Waals surface area contributed by atoms with Crippen LogP contribution in [0.2, 0.25) is 0 Å². The first kappa shape index (κ1) is 18.8. The molecule has 0 saturated carbocycles. The lowest BCUT2D eigenvalue weighted by atomic mass is 10.0. The summed E-state index contributed by atoms with van der Waals surface area (Å²) in [5, 5.41) is 0. The van der Waals surface area contributed by atoms with Gasteiger partial charge in [0.1, 0.15) is 0 Å². The van der Waals surface area contributed by atoms with E-state index in [1.165, 1.54) is 16.7 Å². The molecule has 5 nitrogen and oxygen atoms in total. The van der Waals surface area contributed by atoms with Gasteiger partial charge in [-0.25, -0.2) is 0 Å². The summed E-state index contributed by atoms with van der Waals surface area (Å²) >= 11 is 0. The van der Waals surface area contributed by atoms with Crippen molar-refractivity contribution in [2.24, 2.45) is 0 Å². The van der Waals surface area contributed by atoms with E-state index < -0.39 is 0 Å². The van der Waals surface area contributed by atoms with Crippen LogP contribution in [0.3, 0.4) is 0 Å². The van der Waals surface area contributed by atoms with Gasteiger partial charge in [-0.1, -0.05) is 30.3 Å². The molecule has 0 aliphatic carbocycles. The number of amides is 1. The molecule has 5 heteroatoms. The normalized spacial score (nSPS) is 16.4. The average Bonchev–Trinajstić information content (AvgIpc) is 3.18. The van der Waals surface area contributed by atoms with Gasteiger partial charge in [0.2, 0.25) is 12.7 Å². The molecule has 0 atom stereocenters. The minimum Gasteiger partial charge on any atom is -0.454 e. The monoisotopic (exact) mass is 380 g/mol. The Morgan fingerprint density at radius 2 is 1.79 bits per heavy atom. The average molecular weight is 380 g/mol. The molecule has 2 aromatic carbocycles.